The van der Waals surface area contributed by atoms with Crippen LogP contribution in [0.4, 0.5) is 0 Å². The van der Waals surface area contributed by atoms with Gasteiger partial charge >= 0.3 is 0 Å². The van der Waals surface area contributed by atoms with E-state index in [2.05, 4.69) is 400 Å². The molecule has 0 aliphatic carbocycles. The maximum absolute atomic E-state index is 2.67. The summed E-state index contributed by atoms with van der Waals surface area (Å²) in [6.45, 7) is 0. The van der Waals surface area contributed by atoms with E-state index in [1.54, 1.807) is 0 Å². The molecular formula is C90H66Si2. The van der Waals surface area contributed by atoms with Gasteiger partial charge in [0.1, 0.15) is 0 Å². The zero-order valence-electron chi connectivity index (χ0n) is 51.1. The van der Waals surface area contributed by atoms with Crippen molar-refractivity contribution >= 4 is 102 Å². The van der Waals surface area contributed by atoms with Crippen molar-refractivity contribution in [2.45, 2.75) is 0 Å². The highest BCUT2D eigenvalue weighted by molar-refractivity contribution is 7.20. The van der Waals surface area contributed by atoms with E-state index in [1.807, 2.05) is 0 Å². The molecule has 0 nitrogen and oxygen atoms in total. The molecule has 0 saturated heterocycles. The molecule has 0 aromatic heterocycles. The maximum atomic E-state index is 2.39. The zero-order valence-corrected chi connectivity index (χ0v) is 53.1. The fourth-order valence-corrected chi connectivity index (χ4v) is 23.9. The summed E-state index contributed by atoms with van der Waals surface area (Å²) in [4.78, 5) is 0. The Balaban J connectivity index is 0.781. The van der Waals surface area contributed by atoms with E-state index in [1.165, 1.54) is 108 Å². The van der Waals surface area contributed by atoms with Gasteiger partial charge in [-0.05, 0) is 142 Å². The van der Waals surface area contributed by atoms with Gasteiger partial charge in [-0.1, -0.05) is 388 Å². The minimum Gasteiger partial charge on any atom is -0.0623 e. The van der Waals surface area contributed by atoms with Crippen LogP contribution < -0.4 is 41.5 Å². The van der Waals surface area contributed by atoms with Crippen molar-refractivity contribution < 1.29 is 0 Å². The van der Waals surface area contributed by atoms with Crippen molar-refractivity contribution in [1.29, 1.82) is 0 Å². The quantitative estimate of drug-likeness (QED) is 0.0391. The molecule has 0 unspecified atom stereocenters. The van der Waals surface area contributed by atoms with Crippen LogP contribution in [0.2, 0.25) is 0 Å². The Morgan fingerprint density at radius 1 is 0.174 bits per heavy atom. The van der Waals surface area contributed by atoms with Crippen LogP contribution in [0.3, 0.4) is 0 Å². The Bertz CT molecular complexity index is 4460. The molecular weight excluding hydrogens is 1140 g/mol. The topological polar surface area (TPSA) is 0 Å². The molecule has 0 aliphatic heterocycles. The predicted molar refractivity (Wildman–Crippen MR) is 399 cm³/mol. The molecule has 0 N–H and O–H groups in total. The fraction of sp³-hybridized carbons (Fsp3) is 0. The van der Waals surface area contributed by atoms with Crippen LogP contribution in [0.25, 0.3) is 67.1 Å². The summed E-state index contributed by atoms with van der Waals surface area (Å²) in [5.41, 5.74) is 14.2. The molecule has 15 rings (SSSR count). The molecule has 15 aromatic carbocycles. The first-order valence-electron chi connectivity index (χ1n) is 31.9. The third kappa shape index (κ3) is 10.7. The summed E-state index contributed by atoms with van der Waals surface area (Å²) in [7, 11) is -5.34. The van der Waals surface area contributed by atoms with Crippen molar-refractivity contribution in [3.8, 4) is 22.3 Å². The van der Waals surface area contributed by atoms with Gasteiger partial charge in [-0.3, -0.25) is 0 Å². The summed E-state index contributed by atoms with van der Waals surface area (Å²) >= 11 is 0. The first-order valence-corrected chi connectivity index (χ1v) is 35.9. The van der Waals surface area contributed by atoms with Gasteiger partial charge in [0.25, 0.3) is 0 Å². The molecule has 15 aromatic rings. The van der Waals surface area contributed by atoms with E-state index in [0.717, 1.165) is 22.3 Å². The summed E-state index contributed by atoms with van der Waals surface area (Å²) in [5, 5.41) is 15.8. The highest BCUT2D eigenvalue weighted by Gasteiger charge is 2.42. The molecule has 0 atom stereocenters. The van der Waals surface area contributed by atoms with Gasteiger partial charge in [0.05, 0.1) is 0 Å². The van der Waals surface area contributed by atoms with E-state index < -0.39 is 16.1 Å². The molecule has 0 fully saturated rings. The highest BCUT2D eigenvalue weighted by Crippen LogP contribution is 2.44. The predicted octanol–water partition coefficient (Wildman–Crippen LogP) is 17.3. The van der Waals surface area contributed by atoms with Gasteiger partial charge in [-0.15, -0.1) is 0 Å². The van der Waals surface area contributed by atoms with Crippen LogP contribution >= 0.6 is 0 Å². The van der Waals surface area contributed by atoms with Gasteiger partial charge in [0.15, 0.2) is 16.1 Å². The minimum atomic E-state index is -2.67. The summed E-state index contributed by atoms with van der Waals surface area (Å²) < 4.78 is 0. The van der Waals surface area contributed by atoms with Crippen LogP contribution in [-0.4, -0.2) is 16.1 Å². The van der Waals surface area contributed by atoms with Crippen LogP contribution in [0.15, 0.2) is 388 Å². The Kier molecular flexibility index (Phi) is 16.0. The lowest BCUT2D eigenvalue weighted by Gasteiger charge is -2.34. The highest BCUT2D eigenvalue weighted by atomic mass is 28.3. The summed E-state index contributed by atoms with van der Waals surface area (Å²) in [6.07, 6.45) is 4.73. The Labute approximate surface area is 542 Å². The van der Waals surface area contributed by atoms with Gasteiger partial charge in [-0.2, -0.15) is 0 Å². The van der Waals surface area contributed by atoms with E-state index in [0.29, 0.717) is 0 Å². The van der Waals surface area contributed by atoms with Crippen molar-refractivity contribution in [2.24, 2.45) is 0 Å². The minimum absolute atomic E-state index is 1.15. The third-order valence-corrected chi connectivity index (χ3v) is 28.2. The first-order chi connectivity index (χ1) is 45.6. The van der Waals surface area contributed by atoms with Crippen LogP contribution in [0.5, 0.6) is 0 Å². The van der Waals surface area contributed by atoms with E-state index in [4.69, 9.17) is 0 Å². The SMILES string of the molecule is C(=C(\c1ccccc1)c1ccc(-c2c3ccccc3c(-c3ccc(/C(=C/c4ccc([Si](c5ccccc5)(c5ccccc5)c5ccccc5)cc4)c4ccccc4)cc3)c3ccccc23)cc1)/c1ccc([Si](c2ccccc2)(c2ccccc2)c2ccccc2)cc1. The molecule has 0 spiro atoms. The first kappa shape index (κ1) is 57.2. The molecule has 434 valence electrons. The lowest BCUT2D eigenvalue weighted by Crippen LogP contribution is -2.74. The maximum Gasteiger partial charge on any atom is 0.179 e. The molecule has 0 radical (unpaired) electrons. The second-order valence-corrected chi connectivity index (χ2v) is 31.4. The molecule has 2 heteroatoms. The van der Waals surface area contributed by atoms with Gasteiger partial charge in [0.2, 0.25) is 0 Å². The van der Waals surface area contributed by atoms with E-state index in [-0.39, 0.29) is 0 Å². The van der Waals surface area contributed by atoms with Gasteiger partial charge < -0.3 is 0 Å². The third-order valence-electron chi connectivity index (χ3n) is 18.6. The Morgan fingerprint density at radius 3 is 0.609 bits per heavy atom. The largest absolute Gasteiger partial charge is 0.179 e. The van der Waals surface area contributed by atoms with E-state index in [9.17, 15) is 0 Å². The number of hydrogen-bond acceptors (Lipinski definition) is 0. The zero-order chi connectivity index (χ0) is 61.5. The average molecular weight is 1200 g/mol. The molecule has 0 amide bonds. The smallest absolute Gasteiger partial charge is 0.0623 e. The summed E-state index contributed by atoms with van der Waals surface area (Å²) in [6, 6.07) is 144. The molecule has 0 saturated carbocycles. The average Bonchev–Trinajstić information content (AvgIpc) is 0.767. The number of fused-ring (bicyclic) bond motifs is 2. The fourth-order valence-electron chi connectivity index (χ4n) is 14.4. The second kappa shape index (κ2) is 25.7. The molecule has 0 bridgehead atoms. The normalized spacial score (nSPS) is 12.0. The lowest BCUT2D eigenvalue weighted by atomic mass is 9.85. The van der Waals surface area contributed by atoms with Crippen LogP contribution in [0.1, 0.15) is 33.4 Å². The standard InChI is InChI=1S/C90H66Si2/c1-9-29-69(30-10-1)87(65-67-49-61-81(62-50-67)91(75-33-13-3-14-34-75,76-35-15-4-16-36-76)77-37-17-5-18-38-77)71-53-57-73(58-54-71)89-83-45-25-27-47-85(83)90(86-48-28-26-46-84(86)89)74-59-55-72(56-60-74)88(70-31-11-2-12-32-70)66-68-51-63-82(64-52-68)92(78-39-19-6-20-40-78,79-41-21-7-22-42-79)80-43-23-8-24-44-80/h1-66H/b87-65-,88-66+. The molecule has 92 heavy (non-hydrogen) atoms. The lowest BCUT2D eigenvalue weighted by molar-refractivity contribution is 1.54. The van der Waals surface area contributed by atoms with Crippen LogP contribution in [0, 0.1) is 0 Å². The second-order valence-electron chi connectivity index (χ2n) is 23.8. The molecule has 0 heterocycles. The van der Waals surface area contributed by atoms with Crippen molar-refractivity contribution in [2.75, 3.05) is 0 Å². The van der Waals surface area contributed by atoms with E-state index >= 15 is 0 Å². The Morgan fingerprint density at radius 2 is 0.370 bits per heavy atom. The van der Waals surface area contributed by atoms with Gasteiger partial charge in [0, 0.05) is 0 Å². The molecule has 0 aliphatic rings. The summed E-state index contributed by atoms with van der Waals surface area (Å²) in [5.74, 6) is 0. The van der Waals surface area contributed by atoms with Crippen molar-refractivity contribution in [3.05, 3.63) is 422 Å². The monoisotopic (exact) mass is 1200 g/mol. The Hall–Kier alpha value is -11.3. The number of hydrogen-bond donors (Lipinski definition) is 0. The number of rotatable bonds is 16. The van der Waals surface area contributed by atoms with Crippen LogP contribution in [-0.2, 0) is 0 Å². The van der Waals surface area contributed by atoms with Crippen molar-refractivity contribution in [3.63, 3.8) is 0 Å². The van der Waals surface area contributed by atoms with Crippen molar-refractivity contribution in [1.82, 2.24) is 0 Å². The number of benzene rings is 15. The van der Waals surface area contributed by atoms with Gasteiger partial charge in [-0.25, -0.2) is 0 Å².